The molecule has 0 bridgehead atoms. The van der Waals surface area contributed by atoms with Gasteiger partial charge in [0.25, 0.3) is 0 Å². The number of nitrogens with one attached hydrogen (secondary N) is 2. The molecule has 0 saturated carbocycles. The van der Waals surface area contributed by atoms with Crippen molar-refractivity contribution in [3.63, 3.8) is 0 Å². The molecule has 0 spiro atoms. The second kappa shape index (κ2) is 11.6. The number of carbonyl (C=O) groups excluding carboxylic acids is 1. The summed E-state index contributed by atoms with van der Waals surface area (Å²) in [4.78, 5) is 17.3. The van der Waals surface area contributed by atoms with E-state index in [0.717, 1.165) is 12.4 Å². The monoisotopic (exact) mass is 284 g/mol. The molecule has 5 heteroatoms. The molecule has 0 aromatic heterocycles. The number of carbonyl (C=O) groups is 1. The first-order valence-electron chi connectivity index (χ1n) is 7.68. The SMILES string of the molecule is CCCCCCC(C)NC(=NC)NCCC(=O)N(C)C. The minimum Gasteiger partial charge on any atom is -0.356 e. The second-order valence-corrected chi connectivity index (χ2v) is 5.43. The zero-order valence-corrected chi connectivity index (χ0v) is 13.8. The van der Waals surface area contributed by atoms with E-state index >= 15 is 0 Å². The Kier molecular flexibility index (Phi) is 10.8. The molecular weight excluding hydrogens is 252 g/mol. The van der Waals surface area contributed by atoms with E-state index in [-0.39, 0.29) is 5.91 Å². The molecule has 0 aliphatic carbocycles. The van der Waals surface area contributed by atoms with Crippen molar-refractivity contribution in [3.8, 4) is 0 Å². The molecule has 0 saturated heterocycles. The van der Waals surface area contributed by atoms with Gasteiger partial charge in [0, 0.05) is 40.2 Å². The van der Waals surface area contributed by atoms with Crippen LogP contribution in [-0.4, -0.2) is 50.5 Å². The van der Waals surface area contributed by atoms with E-state index in [1.54, 1.807) is 26.0 Å². The fraction of sp³-hybridized carbons (Fsp3) is 0.867. The average Bonchev–Trinajstić information content (AvgIpc) is 2.42. The third kappa shape index (κ3) is 9.64. The summed E-state index contributed by atoms with van der Waals surface area (Å²) in [7, 11) is 5.30. The van der Waals surface area contributed by atoms with E-state index in [9.17, 15) is 4.79 Å². The first-order valence-corrected chi connectivity index (χ1v) is 7.68. The molecule has 0 aromatic carbocycles. The smallest absolute Gasteiger partial charge is 0.223 e. The molecule has 2 N–H and O–H groups in total. The van der Waals surface area contributed by atoms with Crippen LogP contribution in [0.25, 0.3) is 0 Å². The maximum absolute atomic E-state index is 11.5. The third-order valence-electron chi connectivity index (χ3n) is 3.23. The number of aliphatic imine (C=N–C) groups is 1. The van der Waals surface area contributed by atoms with Crippen molar-refractivity contribution in [2.45, 2.75) is 58.4 Å². The van der Waals surface area contributed by atoms with Gasteiger partial charge in [-0.3, -0.25) is 9.79 Å². The molecule has 0 aliphatic heterocycles. The van der Waals surface area contributed by atoms with Gasteiger partial charge in [0.1, 0.15) is 0 Å². The van der Waals surface area contributed by atoms with Crippen LogP contribution < -0.4 is 10.6 Å². The minimum atomic E-state index is 0.126. The number of amides is 1. The maximum Gasteiger partial charge on any atom is 0.223 e. The fourth-order valence-electron chi connectivity index (χ4n) is 1.89. The van der Waals surface area contributed by atoms with E-state index in [0.29, 0.717) is 19.0 Å². The average molecular weight is 284 g/mol. The lowest BCUT2D eigenvalue weighted by Crippen LogP contribution is -2.43. The highest BCUT2D eigenvalue weighted by Gasteiger charge is 2.07. The lowest BCUT2D eigenvalue weighted by molar-refractivity contribution is -0.128. The first-order chi connectivity index (χ1) is 9.51. The Bertz CT molecular complexity index is 290. The zero-order chi connectivity index (χ0) is 15.4. The predicted molar refractivity (Wildman–Crippen MR) is 86.0 cm³/mol. The van der Waals surface area contributed by atoms with Crippen LogP contribution in [0.4, 0.5) is 0 Å². The summed E-state index contributed by atoms with van der Waals surface area (Å²) >= 11 is 0. The number of nitrogens with zero attached hydrogens (tertiary/aromatic N) is 2. The first kappa shape index (κ1) is 18.7. The van der Waals surface area contributed by atoms with Crippen molar-refractivity contribution < 1.29 is 4.79 Å². The quantitative estimate of drug-likeness (QED) is 0.387. The molecule has 0 aliphatic rings. The summed E-state index contributed by atoms with van der Waals surface area (Å²) in [5.41, 5.74) is 0. The molecule has 1 amide bonds. The highest BCUT2D eigenvalue weighted by atomic mass is 16.2. The number of unbranched alkanes of at least 4 members (excludes halogenated alkanes) is 3. The number of rotatable bonds is 9. The van der Waals surface area contributed by atoms with Crippen molar-refractivity contribution in [3.05, 3.63) is 0 Å². The summed E-state index contributed by atoms with van der Waals surface area (Å²) in [6.07, 6.45) is 6.76. The number of hydrogen-bond acceptors (Lipinski definition) is 2. The van der Waals surface area contributed by atoms with Gasteiger partial charge >= 0.3 is 0 Å². The summed E-state index contributed by atoms with van der Waals surface area (Å²) < 4.78 is 0. The standard InChI is InChI=1S/C15H32N4O/c1-6-7-8-9-10-13(2)18-15(16-3)17-12-11-14(20)19(4)5/h13H,6-12H2,1-5H3,(H2,16,17,18). The van der Waals surface area contributed by atoms with Gasteiger partial charge in [0.2, 0.25) is 5.91 Å². The largest absolute Gasteiger partial charge is 0.356 e. The Balaban J connectivity index is 3.83. The minimum absolute atomic E-state index is 0.126. The zero-order valence-electron chi connectivity index (χ0n) is 13.8. The van der Waals surface area contributed by atoms with Gasteiger partial charge < -0.3 is 15.5 Å². The van der Waals surface area contributed by atoms with E-state index in [1.807, 2.05) is 0 Å². The summed E-state index contributed by atoms with van der Waals surface area (Å²) in [5, 5.41) is 6.54. The normalized spacial score (nSPS) is 12.9. The third-order valence-corrected chi connectivity index (χ3v) is 3.23. The highest BCUT2D eigenvalue weighted by Crippen LogP contribution is 2.05. The molecule has 0 fully saturated rings. The van der Waals surface area contributed by atoms with E-state index in [2.05, 4.69) is 29.5 Å². The van der Waals surface area contributed by atoms with E-state index < -0.39 is 0 Å². The Hall–Kier alpha value is -1.26. The topological polar surface area (TPSA) is 56.7 Å². The number of guanidine groups is 1. The van der Waals surface area contributed by atoms with Crippen molar-refractivity contribution in [1.29, 1.82) is 0 Å². The number of hydrogen-bond donors (Lipinski definition) is 2. The molecule has 0 heterocycles. The Morgan fingerprint density at radius 1 is 1.25 bits per heavy atom. The maximum atomic E-state index is 11.5. The molecule has 0 aromatic rings. The fourth-order valence-corrected chi connectivity index (χ4v) is 1.89. The Morgan fingerprint density at radius 3 is 2.50 bits per heavy atom. The van der Waals surface area contributed by atoms with Gasteiger partial charge in [0.15, 0.2) is 5.96 Å². The highest BCUT2D eigenvalue weighted by molar-refractivity contribution is 5.81. The van der Waals surface area contributed by atoms with Crippen LogP contribution in [0.1, 0.15) is 52.4 Å². The summed E-state index contributed by atoms with van der Waals surface area (Å²) in [6, 6.07) is 0.405. The van der Waals surface area contributed by atoms with Gasteiger partial charge in [0.05, 0.1) is 0 Å². The van der Waals surface area contributed by atoms with Crippen LogP contribution in [0.2, 0.25) is 0 Å². The molecule has 20 heavy (non-hydrogen) atoms. The van der Waals surface area contributed by atoms with Gasteiger partial charge in [-0.1, -0.05) is 32.6 Å². The summed E-state index contributed by atoms with van der Waals surface area (Å²) in [6.45, 7) is 5.01. The molecule has 118 valence electrons. The van der Waals surface area contributed by atoms with E-state index in [1.165, 1.54) is 25.7 Å². The molecule has 0 rings (SSSR count). The van der Waals surface area contributed by atoms with Gasteiger partial charge in [-0.15, -0.1) is 0 Å². The van der Waals surface area contributed by atoms with Crippen LogP contribution in [0.15, 0.2) is 4.99 Å². The van der Waals surface area contributed by atoms with Crippen LogP contribution >= 0.6 is 0 Å². The van der Waals surface area contributed by atoms with Crippen molar-refractivity contribution in [1.82, 2.24) is 15.5 Å². The second-order valence-electron chi connectivity index (χ2n) is 5.43. The Labute approximate surface area is 124 Å². The van der Waals surface area contributed by atoms with Crippen molar-refractivity contribution >= 4 is 11.9 Å². The summed E-state index contributed by atoms with van der Waals surface area (Å²) in [5.74, 6) is 0.903. The molecule has 0 radical (unpaired) electrons. The van der Waals surface area contributed by atoms with Crippen molar-refractivity contribution in [2.75, 3.05) is 27.7 Å². The molecular formula is C15H32N4O. The molecule has 1 unspecified atom stereocenters. The lowest BCUT2D eigenvalue weighted by Gasteiger charge is -2.18. The Morgan fingerprint density at radius 2 is 1.95 bits per heavy atom. The molecule has 1 atom stereocenters. The van der Waals surface area contributed by atoms with Crippen LogP contribution in [0, 0.1) is 0 Å². The van der Waals surface area contributed by atoms with Crippen LogP contribution in [-0.2, 0) is 4.79 Å². The lowest BCUT2D eigenvalue weighted by atomic mass is 10.1. The van der Waals surface area contributed by atoms with E-state index in [4.69, 9.17) is 0 Å². The predicted octanol–water partition coefficient (Wildman–Crippen LogP) is 1.99. The van der Waals surface area contributed by atoms with Gasteiger partial charge in [-0.05, 0) is 13.3 Å². The van der Waals surface area contributed by atoms with Crippen LogP contribution in [0.5, 0.6) is 0 Å². The molecule has 5 nitrogen and oxygen atoms in total. The van der Waals surface area contributed by atoms with Gasteiger partial charge in [-0.2, -0.15) is 0 Å². The van der Waals surface area contributed by atoms with Crippen LogP contribution in [0.3, 0.4) is 0 Å². The van der Waals surface area contributed by atoms with Gasteiger partial charge in [-0.25, -0.2) is 0 Å². The van der Waals surface area contributed by atoms with Crippen molar-refractivity contribution in [2.24, 2.45) is 4.99 Å².